The Labute approximate surface area is 91.5 Å². The molecule has 0 aromatic heterocycles. The van der Waals surface area contributed by atoms with Crippen molar-refractivity contribution in [2.75, 3.05) is 19.8 Å². The lowest BCUT2D eigenvalue weighted by Gasteiger charge is -2.26. The summed E-state index contributed by atoms with van der Waals surface area (Å²) in [5.41, 5.74) is 5.65. The highest BCUT2D eigenvalue weighted by Gasteiger charge is 2.28. The molecule has 0 saturated carbocycles. The molecule has 0 aromatic rings. The number of carbonyl (C=O) groups excluding carboxylic acids is 1. The summed E-state index contributed by atoms with van der Waals surface area (Å²) in [5, 5.41) is 2.89. The molecule has 1 aliphatic heterocycles. The van der Waals surface area contributed by atoms with Crippen LogP contribution in [0, 0.1) is 11.3 Å². The van der Waals surface area contributed by atoms with Gasteiger partial charge < -0.3 is 15.8 Å². The van der Waals surface area contributed by atoms with Gasteiger partial charge in [0.1, 0.15) is 0 Å². The minimum absolute atomic E-state index is 0.0607. The minimum atomic E-state index is -0.445. The Morgan fingerprint density at radius 3 is 2.73 bits per heavy atom. The van der Waals surface area contributed by atoms with Gasteiger partial charge in [0.25, 0.3) is 0 Å². The van der Waals surface area contributed by atoms with Crippen LogP contribution in [0.3, 0.4) is 0 Å². The van der Waals surface area contributed by atoms with E-state index in [-0.39, 0.29) is 11.3 Å². The Kier molecular flexibility index (Phi) is 4.11. The molecule has 1 unspecified atom stereocenters. The lowest BCUT2D eigenvalue weighted by Crippen LogP contribution is -2.49. The van der Waals surface area contributed by atoms with Gasteiger partial charge in [-0.05, 0) is 11.8 Å². The van der Waals surface area contributed by atoms with Gasteiger partial charge in [-0.15, -0.1) is 0 Å². The molecular formula is C11H22N2O2. The Balaban J connectivity index is 2.29. The Morgan fingerprint density at radius 1 is 1.60 bits per heavy atom. The molecule has 1 fully saturated rings. The quantitative estimate of drug-likeness (QED) is 0.719. The van der Waals surface area contributed by atoms with Crippen LogP contribution in [0.25, 0.3) is 0 Å². The first-order valence-electron chi connectivity index (χ1n) is 5.52. The van der Waals surface area contributed by atoms with Crippen molar-refractivity contribution in [3.8, 4) is 0 Å². The van der Waals surface area contributed by atoms with Gasteiger partial charge in [0.05, 0.1) is 12.6 Å². The molecule has 1 amide bonds. The van der Waals surface area contributed by atoms with Crippen LogP contribution in [0.4, 0.5) is 0 Å². The van der Waals surface area contributed by atoms with E-state index in [9.17, 15) is 4.79 Å². The van der Waals surface area contributed by atoms with E-state index in [0.717, 1.165) is 19.6 Å². The van der Waals surface area contributed by atoms with Gasteiger partial charge in [-0.1, -0.05) is 20.8 Å². The van der Waals surface area contributed by atoms with E-state index in [2.05, 4.69) is 5.32 Å². The number of nitrogens with two attached hydrogens (primary N) is 1. The van der Waals surface area contributed by atoms with E-state index in [0.29, 0.717) is 12.5 Å². The molecule has 2 atom stereocenters. The largest absolute Gasteiger partial charge is 0.381 e. The Hall–Kier alpha value is -0.610. The summed E-state index contributed by atoms with van der Waals surface area (Å²) in [4.78, 5) is 11.7. The van der Waals surface area contributed by atoms with Gasteiger partial charge in [-0.25, -0.2) is 0 Å². The first-order chi connectivity index (χ1) is 6.91. The standard InChI is InChI=1S/C11H22N2O2/c1-11(2,3)9(12)10(14)13-6-8-4-5-15-7-8/h8-9H,4-7,12H2,1-3H3,(H,13,14)/t8?,9-/m0/s1. The molecular weight excluding hydrogens is 192 g/mol. The van der Waals surface area contributed by atoms with Crippen molar-refractivity contribution in [3.05, 3.63) is 0 Å². The summed E-state index contributed by atoms with van der Waals surface area (Å²) in [7, 11) is 0. The van der Waals surface area contributed by atoms with Crippen molar-refractivity contribution in [2.45, 2.75) is 33.2 Å². The molecule has 1 rings (SSSR count). The highest BCUT2D eigenvalue weighted by atomic mass is 16.5. The molecule has 0 radical (unpaired) electrons. The van der Waals surface area contributed by atoms with E-state index < -0.39 is 6.04 Å². The zero-order valence-corrected chi connectivity index (χ0v) is 9.88. The SMILES string of the molecule is CC(C)(C)[C@@H](N)C(=O)NCC1CCOC1. The fourth-order valence-corrected chi connectivity index (χ4v) is 1.49. The summed E-state index contributed by atoms with van der Waals surface area (Å²) >= 11 is 0. The molecule has 4 nitrogen and oxygen atoms in total. The third-order valence-corrected chi connectivity index (χ3v) is 2.80. The lowest BCUT2D eigenvalue weighted by atomic mass is 9.87. The Morgan fingerprint density at radius 2 is 2.27 bits per heavy atom. The normalized spacial score (nSPS) is 23.9. The van der Waals surface area contributed by atoms with Gasteiger partial charge in [-0.2, -0.15) is 0 Å². The molecule has 3 N–H and O–H groups in total. The van der Waals surface area contributed by atoms with Gasteiger partial charge >= 0.3 is 0 Å². The highest BCUT2D eigenvalue weighted by Crippen LogP contribution is 2.17. The van der Waals surface area contributed by atoms with Crippen LogP contribution in [0.15, 0.2) is 0 Å². The molecule has 0 aromatic carbocycles. The predicted molar refractivity (Wildman–Crippen MR) is 59.4 cm³/mol. The monoisotopic (exact) mass is 214 g/mol. The fourth-order valence-electron chi connectivity index (χ4n) is 1.49. The van der Waals surface area contributed by atoms with E-state index in [4.69, 9.17) is 10.5 Å². The summed E-state index contributed by atoms with van der Waals surface area (Å²) in [6.07, 6.45) is 1.03. The zero-order chi connectivity index (χ0) is 11.5. The first-order valence-corrected chi connectivity index (χ1v) is 5.52. The molecule has 1 heterocycles. The number of hydrogen-bond acceptors (Lipinski definition) is 3. The van der Waals surface area contributed by atoms with Crippen LogP contribution in [0.1, 0.15) is 27.2 Å². The second-order valence-electron chi connectivity index (χ2n) is 5.32. The van der Waals surface area contributed by atoms with Crippen molar-refractivity contribution >= 4 is 5.91 Å². The van der Waals surface area contributed by atoms with Gasteiger partial charge in [0, 0.05) is 19.1 Å². The maximum absolute atomic E-state index is 11.7. The van der Waals surface area contributed by atoms with Gasteiger partial charge in [0.2, 0.25) is 5.91 Å². The molecule has 1 saturated heterocycles. The summed E-state index contributed by atoms with van der Waals surface area (Å²) in [5.74, 6) is 0.399. The van der Waals surface area contributed by atoms with Crippen molar-refractivity contribution in [1.82, 2.24) is 5.32 Å². The number of hydrogen-bond donors (Lipinski definition) is 2. The number of nitrogens with one attached hydrogen (secondary N) is 1. The van der Waals surface area contributed by atoms with E-state index >= 15 is 0 Å². The van der Waals surface area contributed by atoms with E-state index in [1.165, 1.54) is 0 Å². The topological polar surface area (TPSA) is 64.4 Å². The highest BCUT2D eigenvalue weighted by molar-refractivity contribution is 5.82. The molecule has 0 spiro atoms. The zero-order valence-electron chi connectivity index (χ0n) is 9.88. The summed E-state index contributed by atoms with van der Waals surface area (Å²) < 4.78 is 5.23. The maximum atomic E-state index is 11.7. The maximum Gasteiger partial charge on any atom is 0.237 e. The molecule has 15 heavy (non-hydrogen) atoms. The number of amides is 1. The smallest absolute Gasteiger partial charge is 0.237 e. The van der Waals surface area contributed by atoms with Gasteiger partial charge in [-0.3, -0.25) is 4.79 Å². The van der Waals surface area contributed by atoms with Crippen molar-refractivity contribution in [1.29, 1.82) is 0 Å². The number of ether oxygens (including phenoxy) is 1. The molecule has 0 aliphatic carbocycles. The second kappa shape index (κ2) is 4.94. The van der Waals surface area contributed by atoms with Gasteiger partial charge in [0.15, 0.2) is 0 Å². The van der Waals surface area contributed by atoms with Crippen LogP contribution < -0.4 is 11.1 Å². The van der Waals surface area contributed by atoms with Crippen molar-refractivity contribution in [2.24, 2.45) is 17.1 Å². The third kappa shape index (κ3) is 3.80. The average Bonchev–Trinajstić information content (AvgIpc) is 2.63. The first kappa shape index (κ1) is 12.5. The Bertz CT molecular complexity index is 217. The third-order valence-electron chi connectivity index (χ3n) is 2.80. The van der Waals surface area contributed by atoms with Crippen molar-refractivity contribution in [3.63, 3.8) is 0 Å². The predicted octanol–water partition coefficient (Wildman–Crippen LogP) is 0.513. The summed E-state index contributed by atoms with van der Waals surface area (Å²) in [6, 6.07) is -0.445. The summed E-state index contributed by atoms with van der Waals surface area (Å²) in [6.45, 7) is 8.15. The minimum Gasteiger partial charge on any atom is -0.381 e. The van der Waals surface area contributed by atoms with Crippen LogP contribution in [-0.2, 0) is 9.53 Å². The average molecular weight is 214 g/mol. The molecule has 0 bridgehead atoms. The molecule has 1 aliphatic rings. The fraction of sp³-hybridized carbons (Fsp3) is 0.909. The van der Waals surface area contributed by atoms with Crippen molar-refractivity contribution < 1.29 is 9.53 Å². The number of rotatable bonds is 3. The second-order valence-corrected chi connectivity index (χ2v) is 5.32. The van der Waals surface area contributed by atoms with Crippen LogP contribution in [0.5, 0.6) is 0 Å². The van der Waals surface area contributed by atoms with Crippen LogP contribution in [-0.4, -0.2) is 31.7 Å². The van der Waals surface area contributed by atoms with E-state index in [1.807, 2.05) is 20.8 Å². The molecule has 88 valence electrons. The number of carbonyl (C=O) groups is 1. The molecule has 4 heteroatoms. The lowest BCUT2D eigenvalue weighted by molar-refractivity contribution is -0.124. The van der Waals surface area contributed by atoms with Crippen LogP contribution >= 0.6 is 0 Å². The van der Waals surface area contributed by atoms with E-state index in [1.54, 1.807) is 0 Å². The van der Waals surface area contributed by atoms with Crippen LogP contribution in [0.2, 0.25) is 0 Å².